The lowest BCUT2D eigenvalue weighted by Crippen LogP contribution is -2.26. The zero-order valence-corrected chi connectivity index (χ0v) is 7.25. The molecule has 0 aromatic carbocycles. The second-order valence-corrected chi connectivity index (χ2v) is 2.49. The number of rotatable bonds is 2. The summed E-state index contributed by atoms with van der Waals surface area (Å²) in [5, 5.41) is 16.8. The van der Waals surface area contributed by atoms with Gasteiger partial charge in [0.2, 0.25) is 5.58 Å². The summed E-state index contributed by atoms with van der Waals surface area (Å²) in [5.74, 6) is 0. The van der Waals surface area contributed by atoms with Crippen molar-refractivity contribution in [2.24, 2.45) is 0 Å². The fourth-order valence-electron chi connectivity index (χ4n) is 1.13. The highest BCUT2D eigenvalue weighted by Crippen LogP contribution is 2.26. The minimum absolute atomic E-state index is 0.117. The first-order valence-corrected chi connectivity index (χ1v) is 3.77. The fraction of sp³-hybridized carbons (Fsp3) is 0.286. The predicted molar refractivity (Wildman–Crippen MR) is 46.5 cm³/mol. The Hall–Kier alpha value is -1.85. The highest BCUT2D eigenvalue weighted by Gasteiger charge is 2.19. The molecule has 0 unspecified atom stereocenters. The Morgan fingerprint density at radius 3 is 2.77 bits per heavy atom. The number of nitrogens with one attached hydrogen (secondary N) is 2. The third-order valence-electron chi connectivity index (χ3n) is 1.78. The third kappa shape index (κ3) is 0.915. The molecule has 2 aromatic heterocycles. The van der Waals surface area contributed by atoms with Gasteiger partial charge in [0.25, 0.3) is 0 Å². The van der Waals surface area contributed by atoms with Crippen molar-refractivity contribution < 1.29 is 13.6 Å². The minimum atomic E-state index is 0.117. The Morgan fingerprint density at radius 2 is 2.15 bits per heavy atom. The van der Waals surface area contributed by atoms with Crippen LogP contribution in [0.2, 0.25) is 0 Å². The zero-order chi connectivity index (χ0) is 9.42. The Bertz CT molecular complexity index is 431. The zero-order valence-electron chi connectivity index (χ0n) is 7.25. The van der Waals surface area contributed by atoms with E-state index in [-0.39, 0.29) is 11.7 Å². The summed E-state index contributed by atoms with van der Waals surface area (Å²) in [7, 11) is 3.33. The van der Waals surface area contributed by atoms with E-state index in [1.807, 2.05) is 0 Å². The maximum atomic E-state index is 11.3. The molecule has 2 rings (SSSR count). The van der Waals surface area contributed by atoms with Gasteiger partial charge in [-0.3, -0.25) is 0 Å². The maximum Gasteiger partial charge on any atom is 0.460 e. The molecule has 0 spiro atoms. The molecule has 13 heavy (non-hydrogen) atoms. The van der Waals surface area contributed by atoms with Crippen LogP contribution in [0.15, 0.2) is 15.1 Å². The van der Waals surface area contributed by atoms with Gasteiger partial charge in [-0.25, -0.2) is 5.32 Å². The Balaban J connectivity index is 2.70. The molecule has 0 saturated carbocycles. The van der Waals surface area contributed by atoms with Crippen molar-refractivity contribution in [2.75, 3.05) is 24.7 Å². The largest absolute Gasteiger partial charge is 0.706 e. The van der Waals surface area contributed by atoms with E-state index >= 15 is 0 Å². The lowest BCUT2D eigenvalue weighted by Gasteiger charge is -1.95. The SMILES string of the molecule is CNc1coc2c1oc(NC)[n+]2[O-]. The molecule has 6 nitrogen and oxygen atoms in total. The Kier molecular flexibility index (Phi) is 1.54. The van der Waals surface area contributed by atoms with Crippen molar-refractivity contribution in [3.05, 3.63) is 11.5 Å². The normalized spacial score (nSPS) is 10.6. The predicted octanol–water partition coefficient (Wildman–Crippen LogP) is 0.743. The molecule has 0 bridgehead atoms. The Labute approximate surface area is 73.7 Å². The first-order valence-electron chi connectivity index (χ1n) is 3.77. The topological polar surface area (TPSA) is 77.3 Å². The van der Waals surface area contributed by atoms with Crippen LogP contribution in [-0.4, -0.2) is 14.1 Å². The monoisotopic (exact) mass is 183 g/mol. The van der Waals surface area contributed by atoms with Gasteiger partial charge in [-0.05, 0) is 0 Å². The third-order valence-corrected chi connectivity index (χ3v) is 1.78. The average Bonchev–Trinajstić information content (AvgIpc) is 2.66. The molecule has 0 amide bonds. The smallest absolute Gasteiger partial charge is 0.460 e. The number of aromatic nitrogens is 1. The van der Waals surface area contributed by atoms with E-state index in [0.717, 1.165) is 0 Å². The van der Waals surface area contributed by atoms with E-state index in [0.29, 0.717) is 16.0 Å². The summed E-state index contributed by atoms with van der Waals surface area (Å²) in [6.45, 7) is 0. The van der Waals surface area contributed by atoms with Crippen LogP contribution >= 0.6 is 0 Å². The van der Waals surface area contributed by atoms with Crippen LogP contribution in [0.3, 0.4) is 0 Å². The maximum absolute atomic E-state index is 11.3. The van der Waals surface area contributed by atoms with Crippen molar-refractivity contribution in [3.8, 4) is 0 Å². The molecule has 6 heteroatoms. The molecule has 0 aliphatic rings. The van der Waals surface area contributed by atoms with Crippen LogP contribution in [-0.2, 0) is 0 Å². The van der Waals surface area contributed by atoms with Crippen LogP contribution in [0.25, 0.3) is 11.3 Å². The van der Waals surface area contributed by atoms with Crippen LogP contribution < -0.4 is 15.4 Å². The van der Waals surface area contributed by atoms with Crippen LogP contribution in [0, 0.1) is 5.21 Å². The van der Waals surface area contributed by atoms with Crippen LogP contribution in [0.4, 0.5) is 11.7 Å². The van der Waals surface area contributed by atoms with Crippen molar-refractivity contribution in [1.82, 2.24) is 0 Å². The first-order chi connectivity index (χ1) is 6.27. The van der Waals surface area contributed by atoms with Gasteiger partial charge in [-0.2, -0.15) is 4.73 Å². The summed E-state index contributed by atoms with van der Waals surface area (Å²) in [6, 6.07) is 0.117. The van der Waals surface area contributed by atoms with Gasteiger partial charge in [0, 0.05) is 7.05 Å². The van der Waals surface area contributed by atoms with E-state index in [1.165, 1.54) is 6.26 Å². The van der Waals surface area contributed by atoms with Gasteiger partial charge < -0.3 is 19.4 Å². The fourth-order valence-corrected chi connectivity index (χ4v) is 1.13. The number of fused-ring (bicyclic) bond motifs is 1. The molecule has 0 saturated heterocycles. The van der Waals surface area contributed by atoms with Crippen LogP contribution in [0.5, 0.6) is 0 Å². The molecular weight excluding hydrogens is 174 g/mol. The van der Waals surface area contributed by atoms with E-state index < -0.39 is 0 Å². The number of anilines is 2. The Morgan fingerprint density at radius 1 is 1.38 bits per heavy atom. The van der Waals surface area contributed by atoms with Gasteiger partial charge in [0.05, 0.1) is 7.05 Å². The molecule has 0 aliphatic heterocycles. The van der Waals surface area contributed by atoms with Crippen molar-refractivity contribution >= 4 is 23.0 Å². The van der Waals surface area contributed by atoms with Gasteiger partial charge in [0.15, 0.2) is 0 Å². The van der Waals surface area contributed by atoms with Gasteiger partial charge in [-0.1, -0.05) is 0 Å². The van der Waals surface area contributed by atoms with Crippen molar-refractivity contribution in [1.29, 1.82) is 0 Å². The highest BCUT2D eigenvalue weighted by molar-refractivity contribution is 5.80. The molecule has 2 N–H and O–H groups in total. The second kappa shape index (κ2) is 2.58. The van der Waals surface area contributed by atoms with Gasteiger partial charge in [-0.15, -0.1) is 0 Å². The van der Waals surface area contributed by atoms with E-state index in [1.54, 1.807) is 14.1 Å². The molecule has 2 aromatic rings. The molecule has 0 fully saturated rings. The van der Waals surface area contributed by atoms with Gasteiger partial charge in [0.1, 0.15) is 12.0 Å². The summed E-state index contributed by atoms with van der Waals surface area (Å²) >= 11 is 0. The van der Waals surface area contributed by atoms with E-state index in [4.69, 9.17) is 8.83 Å². The van der Waals surface area contributed by atoms with Crippen LogP contribution in [0.1, 0.15) is 0 Å². The van der Waals surface area contributed by atoms with Crippen molar-refractivity contribution in [3.63, 3.8) is 0 Å². The summed E-state index contributed by atoms with van der Waals surface area (Å²) < 4.78 is 10.8. The van der Waals surface area contributed by atoms with Crippen molar-refractivity contribution in [2.45, 2.75) is 0 Å². The average molecular weight is 183 g/mol. The number of furan rings is 1. The minimum Gasteiger partial charge on any atom is -0.706 e. The number of nitrogens with zero attached hydrogens (tertiary/aromatic N) is 1. The van der Waals surface area contributed by atoms with E-state index in [9.17, 15) is 5.21 Å². The summed E-state index contributed by atoms with van der Waals surface area (Å²) in [6.07, 6.45) is 1.43. The first kappa shape index (κ1) is 7.78. The van der Waals surface area contributed by atoms with Gasteiger partial charge >= 0.3 is 11.7 Å². The highest BCUT2D eigenvalue weighted by atomic mass is 16.5. The summed E-state index contributed by atoms with van der Waals surface area (Å²) in [5.41, 5.74) is 1.23. The summed E-state index contributed by atoms with van der Waals surface area (Å²) in [4.78, 5) is 0. The number of oxazole rings is 1. The molecule has 0 radical (unpaired) electrons. The standard InChI is InChI=1S/C7H9N3O3/c1-8-4-3-12-6-5(4)13-7(9-2)10(6)11/h3,8-9H,1-2H3. The second-order valence-electron chi connectivity index (χ2n) is 2.49. The lowest BCUT2D eigenvalue weighted by molar-refractivity contribution is -0.573. The molecule has 70 valence electrons. The number of hydrogen-bond donors (Lipinski definition) is 2. The number of hydrogen-bond acceptors (Lipinski definition) is 5. The molecule has 0 atom stereocenters. The molecule has 0 aliphatic carbocycles. The van der Waals surface area contributed by atoms with E-state index in [2.05, 4.69) is 10.6 Å². The quantitative estimate of drug-likeness (QED) is 0.530. The molecular formula is C7H9N3O3. The lowest BCUT2D eigenvalue weighted by atomic mass is 10.5. The molecule has 2 heterocycles.